The minimum absolute atomic E-state index is 0.0728. The normalized spacial score (nSPS) is 11.9. The predicted molar refractivity (Wildman–Crippen MR) is 170 cm³/mol. The third-order valence-electron chi connectivity index (χ3n) is 6.72. The summed E-state index contributed by atoms with van der Waals surface area (Å²) in [6.07, 6.45) is 0.271. The average molecular weight is 682 g/mol. The first kappa shape index (κ1) is 30.3. The van der Waals surface area contributed by atoms with Gasteiger partial charge in [0.15, 0.2) is 0 Å². The fraction of sp³-hybridized carbons (Fsp3) is 0.188. The number of halogens is 1. The highest BCUT2D eigenvalue weighted by atomic mass is 127. The van der Waals surface area contributed by atoms with Crippen molar-refractivity contribution in [1.82, 2.24) is 10.2 Å². The van der Waals surface area contributed by atoms with Crippen LogP contribution < -0.4 is 9.62 Å². The zero-order chi connectivity index (χ0) is 29.4. The van der Waals surface area contributed by atoms with Gasteiger partial charge in [0, 0.05) is 23.6 Å². The SMILES string of the molecule is CNC(=O)[C@@H](Cc1ccccc1)N(Cc1ccc(C)cc1)C(=O)CN(c1ccc(I)cc1)S(=O)(=O)c1ccccc1. The second-order valence-electron chi connectivity index (χ2n) is 9.63. The molecule has 0 fully saturated rings. The van der Waals surface area contributed by atoms with Crippen molar-refractivity contribution in [3.05, 3.63) is 129 Å². The molecular formula is C32H32IN3O4S. The Bertz CT molecular complexity index is 1560. The lowest BCUT2D eigenvalue weighted by Gasteiger charge is -2.33. The molecule has 0 radical (unpaired) electrons. The molecule has 4 rings (SSSR count). The molecule has 0 heterocycles. The molecule has 0 unspecified atom stereocenters. The monoisotopic (exact) mass is 681 g/mol. The highest BCUT2D eigenvalue weighted by molar-refractivity contribution is 14.1. The lowest BCUT2D eigenvalue weighted by Crippen LogP contribution is -2.53. The smallest absolute Gasteiger partial charge is 0.264 e. The van der Waals surface area contributed by atoms with Crippen LogP contribution in [0.25, 0.3) is 0 Å². The van der Waals surface area contributed by atoms with E-state index in [-0.39, 0.29) is 23.8 Å². The molecule has 0 aliphatic heterocycles. The summed E-state index contributed by atoms with van der Waals surface area (Å²) in [5, 5.41) is 2.70. The molecule has 0 saturated carbocycles. The molecule has 0 bridgehead atoms. The van der Waals surface area contributed by atoms with Crippen LogP contribution in [0, 0.1) is 10.5 Å². The van der Waals surface area contributed by atoms with E-state index in [9.17, 15) is 18.0 Å². The average Bonchev–Trinajstić information content (AvgIpc) is 2.99. The van der Waals surface area contributed by atoms with Gasteiger partial charge in [-0.25, -0.2) is 8.42 Å². The van der Waals surface area contributed by atoms with Gasteiger partial charge in [-0.15, -0.1) is 0 Å². The van der Waals surface area contributed by atoms with E-state index in [0.29, 0.717) is 5.69 Å². The zero-order valence-corrected chi connectivity index (χ0v) is 25.9. The Kier molecular flexibility index (Phi) is 10.2. The molecule has 41 heavy (non-hydrogen) atoms. The van der Waals surface area contributed by atoms with E-state index in [0.717, 1.165) is 24.6 Å². The van der Waals surface area contributed by atoms with Crippen molar-refractivity contribution in [2.75, 3.05) is 17.9 Å². The van der Waals surface area contributed by atoms with Gasteiger partial charge in [0.1, 0.15) is 12.6 Å². The van der Waals surface area contributed by atoms with Crippen LogP contribution in [0.15, 0.2) is 114 Å². The maximum atomic E-state index is 14.2. The van der Waals surface area contributed by atoms with Crippen LogP contribution >= 0.6 is 22.6 Å². The maximum absolute atomic E-state index is 14.2. The third kappa shape index (κ3) is 7.74. The van der Waals surface area contributed by atoms with E-state index >= 15 is 0 Å². The van der Waals surface area contributed by atoms with Gasteiger partial charge in [-0.2, -0.15) is 0 Å². The standard InChI is InChI=1S/C32H32IN3O4S/c1-24-13-15-26(16-14-24)22-35(30(32(38)34-2)21-25-9-5-3-6-10-25)31(37)23-36(28-19-17-27(33)18-20-28)41(39,40)29-11-7-4-8-12-29/h3-20,30H,21-23H2,1-2H3,(H,34,38)/t30-/m1/s1. The molecular weight excluding hydrogens is 649 g/mol. The number of nitrogens with zero attached hydrogens (tertiary/aromatic N) is 2. The molecule has 0 aliphatic carbocycles. The van der Waals surface area contributed by atoms with E-state index in [4.69, 9.17) is 0 Å². The first-order valence-electron chi connectivity index (χ1n) is 13.1. The summed E-state index contributed by atoms with van der Waals surface area (Å²) in [5.74, 6) is -0.825. The molecule has 0 spiro atoms. The van der Waals surface area contributed by atoms with Gasteiger partial charge in [-0.3, -0.25) is 13.9 Å². The quantitative estimate of drug-likeness (QED) is 0.221. The van der Waals surface area contributed by atoms with Crippen molar-refractivity contribution >= 4 is 50.1 Å². The Morgan fingerprint density at radius 1 is 0.805 bits per heavy atom. The van der Waals surface area contributed by atoms with E-state index in [1.54, 1.807) is 42.5 Å². The molecule has 0 saturated heterocycles. The van der Waals surface area contributed by atoms with Crippen molar-refractivity contribution < 1.29 is 18.0 Å². The summed E-state index contributed by atoms with van der Waals surface area (Å²) in [5.41, 5.74) is 3.14. The minimum Gasteiger partial charge on any atom is -0.357 e. The van der Waals surface area contributed by atoms with Crippen LogP contribution in [0.3, 0.4) is 0 Å². The highest BCUT2D eigenvalue weighted by Crippen LogP contribution is 2.26. The van der Waals surface area contributed by atoms with Crippen molar-refractivity contribution in [3.63, 3.8) is 0 Å². The van der Waals surface area contributed by atoms with Crippen LogP contribution in [0.1, 0.15) is 16.7 Å². The summed E-state index contributed by atoms with van der Waals surface area (Å²) in [6.45, 7) is 1.63. The minimum atomic E-state index is -4.10. The summed E-state index contributed by atoms with van der Waals surface area (Å²) in [7, 11) is -2.57. The number of nitrogens with one attached hydrogen (secondary N) is 1. The number of amides is 2. The number of carbonyl (C=O) groups excluding carboxylic acids is 2. The number of anilines is 1. The number of likely N-dealkylation sites (N-methyl/N-ethyl adjacent to an activating group) is 1. The summed E-state index contributed by atoms with van der Waals surface area (Å²) in [6, 6.07) is 31.3. The maximum Gasteiger partial charge on any atom is 0.264 e. The van der Waals surface area contributed by atoms with E-state index in [1.807, 2.05) is 61.5 Å². The number of sulfonamides is 1. The molecule has 7 nitrogen and oxygen atoms in total. The molecule has 0 aliphatic rings. The number of benzene rings is 4. The van der Waals surface area contributed by atoms with Crippen LogP contribution in [0.4, 0.5) is 5.69 Å². The lowest BCUT2D eigenvalue weighted by molar-refractivity contribution is -0.139. The van der Waals surface area contributed by atoms with Gasteiger partial charge < -0.3 is 10.2 Å². The molecule has 0 aromatic heterocycles. The van der Waals surface area contributed by atoms with Gasteiger partial charge in [-0.05, 0) is 77.0 Å². The summed E-state index contributed by atoms with van der Waals surface area (Å²) in [4.78, 5) is 29.1. The first-order chi connectivity index (χ1) is 19.7. The third-order valence-corrected chi connectivity index (χ3v) is 9.22. The van der Waals surface area contributed by atoms with Crippen LogP contribution in [-0.2, 0) is 32.6 Å². The van der Waals surface area contributed by atoms with E-state index in [1.165, 1.54) is 24.1 Å². The Balaban J connectivity index is 1.77. The number of hydrogen-bond donors (Lipinski definition) is 1. The fourth-order valence-corrected chi connectivity index (χ4v) is 6.26. The molecule has 4 aromatic carbocycles. The van der Waals surface area contributed by atoms with Gasteiger partial charge in [0.2, 0.25) is 11.8 Å². The van der Waals surface area contributed by atoms with Crippen molar-refractivity contribution in [2.45, 2.75) is 30.8 Å². The second kappa shape index (κ2) is 13.8. The van der Waals surface area contributed by atoms with Gasteiger partial charge in [-0.1, -0.05) is 78.4 Å². The Morgan fingerprint density at radius 2 is 1.39 bits per heavy atom. The Labute approximate surface area is 255 Å². The summed E-state index contributed by atoms with van der Waals surface area (Å²) >= 11 is 2.15. The first-order valence-corrected chi connectivity index (χ1v) is 15.6. The van der Waals surface area contributed by atoms with Crippen LogP contribution in [0.5, 0.6) is 0 Å². The molecule has 2 amide bonds. The zero-order valence-electron chi connectivity index (χ0n) is 22.9. The second-order valence-corrected chi connectivity index (χ2v) is 12.7. The van der Waals surface area contributed by atoms with Gasteiger partial charge in [0.05, 0.1) is 10.6 Å². The summed E-state index contributed by atoms with van der Waals surface area (Å²) < 4.78 is 29.8. The van der Waals surface area contributed by atoms with Crippen LogP contribution in [0.2, 0.25) is 0 Å². The van der Waals surface area contributed by atoms with Crippen molar-refractivity contribution in [2.24, 2.45) is 0 Å². The number of hydrogen-bond acceptors (Lipinski definition) is 4. The van der Waals surface area contributed by atoms with E-state index in [2.05, 4.69) is 27.9 Å². The van der Waals surface area contributed by atoms with Crippen molar-refractivity contribution in [3.8, 4) is 0 Å². The van der Waals surface area contributed by atoms with Gasteiger partial charge in [0.25, 0.3) is 10.0 Å². The molecule has 1 atom stereocenters. The number of aryl methyl sites for hydroxylation is 1. The van der Waals surface area contributed by atoms with Gasteiger partial charge >= 0.3 is 0 Å². The van der Waals surface area contributed by atoms with Crippen LogP contribution in [-0.4, -0.2) is 44.8 Å². The Hall–Kier alpha value is -3.70. The predicted octanol–water partition coefficient (Wildman–Crippen LogP) is 5.18. The number of rotatable bonds is 11. The highest BCUT2D eigenvalue weighted by Gasteiger charge is 2.34. The molecule has 4 aromatic rings. The number of carbonyl (C=O) groups is 2. The Morgan fingerprint density at radius 3 is 1.98 bits per heavy atom. The van der Waals surface area contributed by atoms with E-state index < -0.39 is 28.5 Å². The lowest BCUT2D eigenvalue weighted by atomic mass is 10.0. The molecule has 212 valence electrons. The topological polar surface area (TPSA) is 86.8 Å². The van der Waals surface area contributed by atoms with Crippen molar-refractivity contribution in [1.29, 1.82) is 0 Å². The fourth-order valence-electron chi connectivity index (χ4n) is 4.47. The molecule has 1 N–H and O–H groups in total. The largest absolute Gasteiger partial charge is 0.357 e. The molecule has 9 heteroatoms.